The summed E-state index contributed by atoms with van der Waals surface area (Å²) in [4.78, 5) is 41.5. The molecule has 2 aromatic rings. The minimum absolute atomic E-state index is 0.249. The van der Waals surface area contributed by atoms with Gasteiger partial charge in [0.2, 0.25) is 11.8 Å². The zero-order valence-electron chi connectivity index (χ0n) is 16.3. The van der Waals surface area contributed by atoms with Crippen molar-refractivity contribution in [2.24, 2.45) is 17.6 Å². The van der Waals surface area contributed by atoms with Gasteiger partial charge in [0.15, 0.2) is 6.04 Å². The number of carbonyl (C=O) groups is 3. The van der Waals surface area contributed by atoms with Gasteiger partial charge in [-0.3, -0.25) is 19.3 Å². The highest BCUT2D eigenvalue weighted by atomic mass is 16.2. The molecule has 0 aliphatic carbocycles. The third-order valence-electron chi connectivity index (χ3n) is 6.39. The molecule has 0 aromatic heterocycles. The van der Waals surface area contributed by atoms with E-state index in [1.807, 2.05) is 68.6 Å². The van der Waals surface area contributed by atoms with Crippen molar-refractivity contribution in [3.8, 4) is 0 Å². The molecule has 3 amide bonds. The highest BCUT2D eigenvalue weighted by Crippen LogP contribution is 2.44. The summed E-state index contributed by atoms with van der Waals surface area (Å²) in [5.41, 5.74) is 10.2. The molecule has 2 saturated heterocycles. The number of nitrogens with one attached hydrogen (secondary N) is 1. The van der Waals surface area contributed by atoms with Crippen LogP contribution < -0.4 is 15.5 Å². The van der Waals surface area contributed by atoms with Gasteiger partial charge in [-0.2, -0.15) is 0 Å². The molecule has 3 aliphatic rings. The van der Waals surface area contributed by atoms with Crippen LogP contribution in [0.25, 0.3) is 6.08 Å². The zero-order chi connectivity index (χ0) is 20.4. The molecule has 0 saturated carbocycles. The van der Waals surface area contributed by atoms with Gasteiger partial charge in [-0.1, -0.05) is 30.3 Å². The van der Waals surface area contributed by atoms with E-state index in [9.17, 15) is 14.4 Å². The number of quaternary nitrogens is 1. The predicted octanol–water partition coefficient (Wildman–Crippen LogP) is 0.887. The zero-order valence-corrected chi connectivity index (χ0v) is 16.3. The SMILES string of the molecule is Cc1cc(C)cc(N2C(=O)[C@@H]3[C@H](C2=O)[C@H](C(N)=O)[NH+]2C=Cc4ccccc4[C@@H]32)c1. The Kier molecular flexibility index (Phi) is 3.76. The molecule has 5 rings (SSSR count). The van der Waals surface area contributed by atoms with Gasteiger partial charge in [-0.25, -0.2) is 4.90 Å². The summed E-state index contributed by atoms with van der Waals surface area (Å²) in [5.74, 6) is -2.49. The Morgan fingerprint density at radius 2 is 1.66 bits per heavy atom. The summed E-state index contributed by atoms with van der Waals surface area (Å²) in [5, 5.41) is 0. The van der Waals surface area contributed by atoms with Crippen LogP contribution in [0.1, 0.15) is 28.3 Å². The lowest BCUT2D eigenvalue weighted by Crippen LogP contribution is -3.12. The van der Waals surface area contributed by atoms with Gasteiger partial charge in [-0.15, -0.1) is 0 Å². The van der Waals surface area contributed by atoms with E-state index in [0.717, 1.165) is 27.2 Å². The largest absolute Gasteiger partial charge is 0.364 e. The molecule has 146 valence electrons. The number of rotatable bonds is 2. The minimum Gasteiger partial charge on any atom is -0.364 e. The van der Waals surface area contributed by atoms with Crippen LogP contribution in [-0.2, 0) is 14.4 Å². The number of anilines is 1. The second kappa shape index (κ2) is 6.12. The fourth-order valence-electron chi connectivity index (χ4n) is 5.41. The molecule has 2 aromatic carbocycles. The minimum atomic E-state index is -0.762. The van der Waals surface area contributed by atoms with Crippen molar-refractivity contribution >= 4 is 29.5 Å². The van der Waals surface area contributed by atoms with E-state index in [1.165, 1.54) is 4.90 Å². The van der Waals surface area contributed by atoms with Crippen molar-refractivity contribution < 1.29 is 19.3 Å². The molecule has 3 heterocycles. The summed E-state index contributed by atoms with van der Waals surface area (Å²) in [6, 6.07) is 12.4. The van der Waals surface area contributed by atoms with Crippen LogP contribution in [0.5, 0.6) is 0 Å². The average molecular weight is 388 g/mol. The first kappa shape index (κ1) is 17.8. The number of fused-ring (bicyclic) bond motifs is 5. The van der Waals surface area contributed by atoms with Gasteiger partial charge < -0.3 is 5.73 Å². The van der Waals surface area contributed by atoms with Gasteiger partial charge in [0.05, 0.1) is 11.9 Å². The second-order valence-corrected chi connectivity index (χ2v) is 8.23. The van der Waals surface area contributed by atoms with E-state index in [0.29, 0.717) is 5.69 Å². The first-order valence-electron chi connectivity index (χ1n) is 9.77. The Labute approximate surface area is 168 Å². The fourth-order valence-corrected chi connectivity index (χ4v) is 5.41. The molecule has 0 radical (unpaired) electrons. The lowest BCUT2D eigenvalue weighted by atomic mass is 9.84. The molecule has 29 heavy (non-hydrogen) atoms. The number of aryl methyl sites for hydroxylation is 2. The molecule has 3 N–H and O–H groups in total. The van der Waals surface area contributed by atoms with Crippen LogP contribution in [0.3, 0.4) is 0 Å². The smallest absolute Gasteiger partial charge is 0.277 e. The Bertz CT molecular complexity index is 1090. The standard InChI is InChI=1S/C23H21N3O3/c1-12-9-13(2)11-15(10-12)26-22(28)17-18(23(26)29)20(21(24)27)25-8-7-14-5-3-4-6-16(14)19(17)25/h3-11,17-20H,1-2H3,(H2,24,27)/p+1/t17-,18+,19+,20-/m1/s1. The Morgan fingerprint density at radius 3 is 2.34 bits per heavy atom. The molecule has 1 unspecified atom stereocenters. The topological polar surface area (TPSA) is 84.9 Å². The number of nitrogens with zero attached hydrogens (tertiary/aromatic N) is 1. The molecular weight excluding hydrogens is 366 g/mol. The number of benzene rings is 2. The van der Waals surface area contributed by atoms with E-state index in [4.69, 9.17) is 5.73 Å². The van der Waals surface area contributed by atoms with Crippen LogP contribution in [0, 0.1) is 25.7 Å². The number of carbonyl (C=O) groups excluding carboxylic acids is 3. The summed E-state index contributed by atoms with van der Waals surface area (Å²) >= 11 is 0. The summed E-state index contributed by atoms with van der Waals surface area (Å²) in [7, 11) is 0. The molecule has 0 spiro atoms. The normalized spacial score (nSPS) is 29.6. The van der Waals surface area contributed by atoms with Crippen molar-refractivity contribution in [3.05, 3.63) is 70.9 Å². The van der Waals surface area contributed by atoms with Crippen molar-refractivity contribution in [1.29, 1.82) is 0 Å². The lowest BCUT2D eigenvalue weighted by Gasteiger charge is -2.30. The van der Waals surface area contributed by atoms with E-state index in [2.05, 4.69) is 0 Å². The lowest BCUT2D eigenvalue weighted by molar-refractivity contribution is -0.884. The van der Waals surface area contributed by atoms with Gasteiger partial charge >= 0.3 is 0 Å². The van der Waals surface area contributed by atoms with E-state index in [-0.39, 0.29) is 17.9 Å². The molecule has 3 aliphatic heterocycles. The first-order valence-corrected chi connectivity index (χ1v) is 9.77. The van der Waals surface area contributed by atoms with Crippen molar-refractivity contribution in [2.75, 3.05) is 4.90 Å². The number of hydrogen-bond donors (Lipinski definition) is 2. The van der Waals surface area contributed by atoms with Crippen LogP contribution >= 0.6 is 0 Å². The first-order chi connectivity index (χ1) is 13.9. The Morgan fingerprint density at radius 1 is 1.00 bits per heavy atom. The number of nitrogens with two attached hydrogens (primary N) is 1. The summed E-state index contributed by atoms with van der Waals surface area (Å²) < 4.78 is 0. The second-order valence-electron chi connectivity index (χ2n) is 8.23. The average Bonchev–Trinajstić information content (AvgIpc) is 3.14. The third-order valence-corrected chi connectivity index (χ3v) is 6.39. The van der Waals surface area contributed by atoms with Gasteiger partial charge in [0.1, 0.15) is 17.9 Å². The monoisotopic (exact) mass is 388 g/mol. The maximum atomic E-state index is 13.6. The number of hydrogen-bond acceptors (Lipinski definition) is 3. The predicted molar refractivity (Wildman–Crippen MR) is 108 cm³/mol. The number of amides is 3. The Hall–Kier alpha value is -3.25. The van der Waals surface area contributed by atoms with Crippen LogP contribution in [0.2, 0.25) is 0 Å². The van der Waals surface area contributed by atoms with E-state index < -0.39 is 23.8 Å². The van der Waals surface area contributed by atoms with Crippen LogP contribution in [0.15, 0.2) is 48.7 Å². The highest BCUT2D eigenvalue weighted by Gasteiger charge is 2.67. The summed E-state index contributed by atoms with van der Waals surface area (Å²) in [6.45, 7) is 3.87. The van der Waals surface area contributed by atoms with Crippen molar-refractivity contribution in [2.45, 2.75) is 25.9 Å². The van der Waals surface area contributed by atoms with E-state index in [1.54, 1.807) is 0 Å². The number of imide groups is 1. The molecule has 0 bridgehead atoms. The van der Waals surface area contributed by atoms with Gasteiger partial charge in [0, 0.05) is 5.56 Å². The molecule has 5 atom stereocenters. The molecular formula is C23H22N3O3+. The molecule has 6 heteroatoms. The molecule has 2 fully saturated rings. The quantitative estimate of drug-likeness (QED) is 0.750. The fraction of sp³-hybridized carbons (Fsp3) is 0.261. The van der Waals surface area contributed by atoms with E-state index >= 15 is 0 Å². The molecule has 6 nitrogen and oxygen atoms in total. The highest BCUT2D eigenvalue weighted by molar-refractivity contribution is 6.23. The van der Waals surface area contributed by atoms with Crippen molar-refractivity contribution in [3.63, 3.8) is 0 Å². The van der Waals surface area contributed by atoms with Gasteiger partial charge in [0.25, 0.3) is 5.91 Å². The Balaban J connectivity index is 1.66. The maximum Gasteiger partial charge on any atom is 0.277 e. The third kappa shape index (κ3) is 2.42. The van der Waals surface area contributed by atoms with Crippen molar-refractivity contribution in [1.82, 2.24) is 0 Å². The maximum absolute atomic E-state index is 13.6. The van der Waals surface area contributed by atoms with Crippen LogP contribution in [0.4, 0.5) is 5.69 Å². The van der Waals surface area contributed by atoms with Crippen LogP contribution in [-0.4, -0.2) is 23.8 Å². The number of primary amides is 1. The van der Waals surface area contributed by atoms with Gasteiger partial charge in [-0.05, 0) is 48.7 Å². The summed E-state index contributed by atoms with van der Waals surface area (Å²) in [6.07, 6.45) is 3.82.